The molecule has 0 aliphatic heterocycles. The summed E-state index contributed by atoms with van der Waals surface area (Å²) in [4.78, 5) is 0. The third-order valence-electron chi connectivity index (χ3n) is 4.13. The Labute approximate surface area is 139 Å². The van der Waals surface area contributed by atoms with Crippen molar-refractivity contribution in [2.24, 2.45) is 11.3 Å². The van der Waals surface area contributed by atoms with E-state index in [1.54, 1.807) is 0 Å². The fourth-order valence-electron chi connectivity index (χ4n) is 2.58. The fourth-order valence-corrected chi connectivity index (χ4v) is 3.50. The average Bonchev–Trinajstić information content (AvgIpc) is 2.34. The Morgan fingerprint density at radius 1 is 1.48 bits per heavy atom. The maximum atomic E-state index is 13.3. The normalized spacial score (nSPS) is 24.0. The molecule has 1 N–H and O–H groups in total. The van der Waals surface area contributed by atoms with Crippen LogP contribution in [0.1, 0.15) is 34.1 Å². The molecule has 0 heterocycles. The van der Waals surface area contributed by atoms with E-state index in [0.29, 0.717) is 15.4 Å². The molecule has 2 atom stereocenters. The van der Waals surface area contributed by atoms with E-state index in [4.69, 9.17) is 16.3 Å². The highest BCUT2D eigenvalue weighted by molar-refractivity contribution is 9.10. The van der Waals surface area contributed by atoms with Crippen molar-refractivity contribution in [3.63, 3.8) is 0 Å². The molecule has 0 spiro atoms. The Bertz CT molecular complexity index is 498. The maximum Gasteiger partial charge on any atom is 0.125 e. The summed E-state index contributed by atoms with van der Waals surface area (Å²) in [7, 11) is 0. The summed E-state index contributed by atoms with van der Waals surface area (Å²) < 4.78 is 19.9. The number of halogens is 3. The van der Waals surface area contributed by atoms with E-state index >= 15 is 0 Å². The van der Waals surface area contributed by atoms with Gasteiger partial charge >= 0.3 is 0 Å². The second-order valence-electron chi connectivity index (χ2n) is 6.71. The zero-order valence-electron chi connectivity index (χ0n) is 12.8. The zero-order valence-corrected chi connectivity index (χ0v) is 15.2. The van der Waals surface area contributed by atoms with E-state index in [1.165, 1.54) is 12.1 Å². The molecule has 0 aromatic heterocycles. The van der Waals surface area contributed by atoms with E-state index in [-0.39, 0.29) is 23.4 Å². The highest BCUT2D eigenvalue weighted by atomic mass is 79.9. The molecule has 0 saturated heterocycles. The third-order valence-corrected chi connectivity index (χ3v) is 5.06. The minimum Gasteiger partial charge on any atom is -0.379 e. The monoisotopic (exact) mass is 377 g/mol. The van der Waals surface area contributed by atoms with Crippen LogP contribution in [0.4, 0.5) is 10.1 Å². The van der Waals surface area contributed by atoms with Crippen LogP contribution < -0.4 is 5.32 Å². The summed E-state index contributed by atoms with van der Waals surface area (Å²) >= 11 is 9.49. The van der Waals surface area contributed by atoms with Gasteiger partial charge in [-0.3, -0.25) is 0 Å². The fraction of sp³-hybridized carbons (Fsp3) is 0.625. The molecule has 1 aliphatic rings. The van der Waals surface area contributed by atoms with Crippen LogP contribution in [0.2, 0.25) is 5.02 Å². The molecule has 1 fully saturated rings. The molecule has 0 bridgehead atoms. The van der Waals surface area contributed by atoms with Crippen LogP contribution in [0, 0.1) is 17.2 Å². The Hall–Kier alpha value is -0.320. The molecule has 1 aliphatic carbocycles. The Kier molecular flexibility index (Phi) is 5.22. The van der Waals surface area contributed by atoms with Gasteiger partial charge in [-0.25, -0.2) is 4.39 Å². The van der Waals surface area contributed by atoms with Gasteiger partial charge in [-0.15, -0.1) is 0 Å². The number of hydrogen-bond donors (Lipinski definition) is 1. The van der Waals surface area contributed by atoms with Crippen molar-refractivity contribution in [2.45, 2.75) is 46.3 Å². The lowest BCUT2D eigenvalue weighted by atomic mass is 9.64. The molecule has 1 saturated carbocycles. The lowest BCUT2D eigenvalue weighted by molar-refractivity contribution is -0.108. The molecule has 21 heavy (non-hydrogen) atoms. The van der Waals surface area contributed by atoms with Gasteiger partial charge in [0.2, 0.25) is 0 Å². The van der Waals surface area contributed by atoms with Gasteiger partial charge in [-0.1, -0.05) is 39.3 Å². The number of nitrogens with one attached hydrogen (secondary N) is 1. The summed E-state index contributed by atoms with van der Waals surface area (Å²) in [6.07, 6.45) is 1.18. The van der Waals surface area contributed by atoms with E-state index < -0.39 is 0 Å². The van der Waals surface area contributed by atoms with Crippen molar-refractivity contribution in [3.05, 3.63) is 27.4 Å². The molecular weight excluding hydrogens is 357 g/mol. The molecule has 0 radical (unpaired) electrons. The molecule has 1 aromatic carbocycles. The predicted molar refractivity (Wildman–Crippen MR) is 89.5 cm³/mol. The number of hydrogen-bond acceptors (Lipinski definition) is 2. The number of benzene rings is 1. The van der Waals surface area contributed by atoms with E-state index in [2.05, 4.69) is 48.9 Å². The van der Waals surface area contributed by atoms with Crippen LogP contribution in [0.3, 0.4) is 0 Å². The lowest BCUT2D eigenvalue weighted by Crippen LogP contribution is -2.58. The Balaban J connectivity index is 2.03. The first-order valence-electron chi connectivity index (χ1n) is 7.24. The molecular formula is C16H22BrClFNO. The van der Waals surface area contributed by atoms with Crippen molar-refractivity contribution in [3.8, 4) is 0 Å². The van der Waals surface area contributed by atoms with Gasteiger partial charge in [0.25, 0.3) is 0 Å². The van der Waals surface area contributed by atoms with Gasteiger partial charge < -0.3 is 10.1 Å². The quantitative estimate of drug-likeness (QED) is 0.731. The van der Waals surface area contributed by atoms with E-state index in [1.807, 2.05) is 0 Å². The van der Waals surface area contributed by atoms with Crippen molar-refractivity contribution < 1.29 is 9.13 Å². The van der Waals surface area contributed by atoms with Gasteiger partial charge in [0.1, 0.15) is 5.82 Å². The molecule has 5 heteroatoms. The number of rotatable bonds is 5. The first kappa shape index (κ1) is 17.0. The van der Waals surface area contributed by atoms with Gasteiger partial charge in [-0.2, -0.15) is 0 Å². The van der Waals surface area contributed by atoms with Crippen LogP contribution in [0.5, 0.6) is 0 Å². The largest absolute Gasteiger partial charge is 0.379 e. The minimum absolute atomic E-state index is 0.0199. The van der Waals surface area contributed by atoms with E-state index in [9.17, 15) is 4.39 Å². The van der Waals surface area contributed by atoms with Crippen LogP contribution in [-0.4, -0.2) is 18.8 Å². The topological polar surface area (TPSA) is 21.3 Å². The second-order valence-corrected chi connectivity index (χ2v) is 7.98. The van der Waals surface area contributed by atoms with Crippen LogP contribution >= 0.6 is 27.5 Å². The summed E-state index contributed by atoms with van der Waals surface area (Å²) in [6, 6.07) is 3.01. The molecule has 118 valence electrons. The highest BCUT2D eigenvalue weighted by Crippen LogP contribution is 2.46. The second kappa shape index (κ2) is 6.43. The molecule has 2 unspecified atom stereocenters. The van der Waals surface area contributed by atoms with Crippen molar-refractivity contribution >= 4 is 33.2 Å². The van der Waals surface area contributed by atoms with Crippen molar-refractivity contribution in [1.29, 1.82) is 0 Å². The maximum absolute atomic E-state index is 13.3. The third kappa shape index (κ3) is 3.72. The van der Waals surface area contributed by atoms with Crippen LogP contribution in [0.15, 0.2) is 16.6 Å². The summed E-state index contributed by atoms with van der Waals surface area (Å²) in [6.45, 7) is 9.45. The first-order valence-corrected chi connectivity index (χ1v) is 8.41. The zero-order chi connectivity index (χ0) is 15.8. The lowest BCUT2D eigenvalue weighted by Gasteiger charge is -2.52. The number of ether oxygens (including phenoxy) is 1. The van der Waals surface area contributed by atoms with Gasteiger partial charge in [0, 0.05) is 22.5 Å². The average molecular weight is 379 g/mol. The van der Waals surface area contributed by atoms with Gasteiger partial charge in [0.15, 0.2) is 0 Å². The van der Waals surface area contributed by atoms with Crippen LogP contribution in [0.25, 0.3) is 0 Å². The van der Waals surface area contributed by atoms with Gasteiger partial charge in [0.05, 0.1) is 16.8 Å². The van der Waals surface area contributed by atoms with E-state index in [0.717, 1.165) is 18.7 Å². The smallest absolute Gasteiger partial charge is 0.125 e. The van der Waals surface area contributed by atoms with Gasteiger partial charge in [-0.05, 0) is 40.4 Å². The SMILES string of the molecule is CC(C)COC1CC(Nc2c(Cl)cc(F)cc2Br)C1(C)C. The molecule has 2 rings (SSSR count). The molecule has 1 aromatic rings. The predicted octanol–water partition coefficient (Wildman–Crippen LogP) is 5.49. The minimum atomic E-state index is -0.344. The summed E-state index contributed by atoms with van der Waals surface area (Å²) in [5.41, 5.74) is 0.768. The van der Waals surface area contributed by atoms with Crippen molar-refractivity contribution in [2.75, 3.05) is 11.9 Å². The van der Waals surface area contributed by atoms with Crippen LogP contribution in [-0.2, 0) is 4.74 Å². The molecule has 0 amide bonds. The summed E-state index contributed by atoms with van der Waals surface area (Å²) in [5.74, 6) is 0.192. The highest BCUT2D eigenvalue weighted by Gasteiger charge is 2.49. The Morgan fingerprint density at radius 3 is 2.67 bits per heavy atom. The summed E-state index contributed by atoms with van der Waals surface area (Å²) in [5, 5.41) is 3.82. The molecule has 2 nitrogen and oxygen atoms in total. The first-order chi connectivity index (χ1) is 9.71. The number of anilines is 1. The van der Waals surface area contributed by atoms with Crippen molar-refractivity contribution in [1.82, 2.24) is 0 Å². The Morgan fingerprint density at radius 2 is 2.14 bits per heavy atom. The standard InChI is InChI=1S/C16H22BrClFNO/c1-9(2)8-21-14-7-13(16(14,3)4)20-15-11(17)5-10(19)6-12(15)18/h5-6,9,13-14,20H,7-8H2,1-4H3.